The van der Waals surface area contributed by atoms with Crippen molar-refractivity contribution in [3.63, 3.8) is 0 Å². The van der Waals surface area contributed by atoms with Gasteiger partial charge in [0.1, 0.15) is 6.04 Å². The molecule has 8 nitrogen and oxygen atoms in total. The van der Waals surface area contributed by atoms with Crippen LogP contribution in [-0.2, 0) is 22.6 Å². The van der Waals surface area contributed by atoms with E-state index in [-0.39, 0.29) is 24.8 Å². The van der Waals surface area contributed by atoms with Crippen LogP contribution < -0.4 is 16.0 Å². The number of nitrogens with zero attached hydrogens (tertiary/aromatic N) is 2. The molecular formula is C24H24N4O4. The molecule has 1 saturated heterocycles. The molecule has 1 fully saturated rings. The molecule has 8 heteroatoms. The molecule has 3 aliphatic heterocycles. The minimum absolute atomic E-state index is 0.0966. The van der Waals surface area contributed by atoms with Crippen LogP contribution in [-0.4, -0.2) is 47.2 Å². The number of hydrogen-bond donors (Lipinski definition) is 2. The van der Waals surface area contributed by atoms with Crippen molar-refractivity contribution in [2.45, 2.75) is 44.3 Å². The lowest BCUT2D eigenvalue weighted by atomic mass is 9.94. The molecule has 2 aromatic rings. The Labute approximate surface area is 185 Å². The molecule has 2 aromatic carbocycles. The minimum Gasteiger partial charge on any atom is -0.363 e. The molecule has 2 atom stereocenters. The van der Waals surface area contributed by atoms with Gasteiger partial charge < -0.3 is 10.6 Å². The molecule has 0 spiro atoms. The summed E-state index contributed by atoms with van der Waals surface area (Å²) in [6, 6.07) is 12.5. The van der Waals surface area contributed by atoms with Gasteiger partial charge in [-0.1, -0.05) is 30.3 Å². The van der Waals surface area contributed by atoms with E-state index in [1.807, 2.05) is 18.2 Å². The Morgan fingerprint density at radius 1 is 0.938 bits per heavy atom. The number of imide groups is 2. The number of para-hydroxylation sites is 1. The largest absolute Gasteiger partial charge is 0.363 e. The van der Waals surface area contributed by atoms with Crippen LogP contribution in [0.2, 0.25) is 0 Å². The number of nitrogens with two attached hydrogens (primary N) is 1. The number of benzene rings is 2. The highest BCUT2D eigenvalue weighted by Crippen LogP contribution is 2.35. The van der Waals surface area contributed by atoms with E-state index < -0.39 is 23.8 Å². The third kappa shape index (κ3) is 3.18. The molecule has 3 N–H and O–H groups in total. The molecule has 2 unspecified atom stereocenters. The Balaban J connectivity index is 1.50. The van der Waals surface area contributed by atoms with Crippen molar-refractivity contribution in [2.75, 3.05) is 11.4 Å². The van der Waals surface area contributed by atoms with E-state index >= 15 is 0 Å². The van der Waals surface area contributed by atoms with Gasteiger partial charge in [-0.05, 0) is 42.5 Å². The summed E-state index contributed by atoms with van der Waals surface area (Å²) in [6.45, 7) is 0.920. The first-order valence-electron chi connectivity index (χ1n) is 10.9. The standard InChI is InChI=1S/C24H24N4O4/c25-12-16-9-8-14-4-1-2-7-18(14)27(16)13-15-5-3-6-17-21(15)24(32)28(23(17)31)19-10-11-20(29)26-22(19)30/h1-7,16,19H,8-13,25H2,(H,26,29,30). The van der Waals surface area contributed by atoms with Crippen LogP contribution >= 0.6 is 0 Å². The van der Waals surface area contributed by atoms with Gasteiger partial charge in [0.15, 0.2) is 0 Å². The number of carbonyl (C=O) groups is 4. The molecular weight excluding hydrogens is 408 g/mol. The number of piperidine rings is 1. The van der Waals surface area contributed by atoms with Gasteiger partial charge >= 0.3 is 0 Å². The van der Waals surface area contributed by atoms with E-state index in [1.165, 1.54) is 5.56 Å². The Morgan fingerprint density at radius 3 is 2.53 bits per heavy atom. The van der Waals surface area contributed by atoms with Crippen molar-refractivity contribution in [3.8, 4) is 0 Å². The van der Waals surface area contributed by atoms with Crippen LogP contribution in [0.15, 0.2) is 42.5 Å². The third-order valence-electron chi connectivity index (χ3n) is 6.66. The van der Waals surface area contributed by atoms with E-state index in [1.54, 1.807) is 12.1 Å². The molecule has 0 aliphatic carbocycles. The monoisotopic (exact) mass is 432 g/mol. The second kappa shape index (κ2) is 7.87. The summed E-state index contributed by atoms with van der Waals surface area (Å²) in [6.07, 6.45) is 2.10. The van der Waals surface area contributed by atoms with Crippen LogP contribution in [0.5, 0.6) is 0 Å². The summed E-state index contributed by atoms with van der Waals surface area (Å²) in [4.78, 5) is 53.6. The topological polar surface area (TPSA) is 113 Å². The number of aryl methyl sites for hydroxylation is 1. The molecule has 0 bridgehead atoms. The number of hydrogen-bond acceptors (Lipinski definition) is 6. The highest BCUT2D eigenvalue weighted by Gasteiger charge is 2.45. The number of nitrogens with one attached hydrogen (secondary N) is 1. The number of fused-ring (bicyclic) bond motifs is 2. The average Bonchev–Trinajstić information content (AvgIpc) is 3.05. The van der Waals surface area contributed by atoms with Crippen molar-refractivity contribution in [2.24, 2.45) is 5.73 Å². The quantitative estimate of drug-likeness (QED) is 0.706. The van der Waals surface area contributed by atoms with Gasteiger partial charge in [0.2, 0.25) is 11.8 Å². The Bertz CT molecular complexity index is 1140. The van der Waals surface area contributed by atoms with E-state index in [0.29, 0.717) is 24.2 Å². The fraction of sp³-hybridized carbons (Fsp3) is 0.333. The van der Waals surface area contributed by atoms with Gasteiger partial charge in [0.25, 0.3) is 11.8 Å². The first kappa shape index (κ1) is 20.4. The van der Waals surface area contributed by atoms with Gasteiger partial charge in [-0.25, -0.2) is 0 Å². The number of carbonyl (C=O) groups excluding carboxylic acids is 4. The van der Waals surface area contributed by atoms with Crippen LogP contribution in [0.1, 0.15) is 51.1 Å². The minimum atomic E-state index is -0.972. The molecule has 32 heavy (non-hydrogen) atoms. The summed E-state index contributed by atoms with van der Waals surface area (Å²) < 4.78 is 0. The zero-order chi connectivity index (χ0) is 22.4. The first-order valence-corrected chi connectivity index (χ1v) is 10.9. The van der Waals surface area contributed by atoms with Crippen LogP contribution in [0.4, 0.5) is 5.69 Å². The molecule has 0 saturated carbocycles. The predicted octanol–water partition coefficient (Wildman–Crippen LogP) is 1.37. The third-order valence-corrected chi connectivity index (χ3v) is 6.66. The van der Waals surface area contributed by atoms with Crippen molar-refractivity contribution in [3.05, 3.63) is 64.7 Å². The van der Waals surface area contributed by atoms with Crippen molar-refractivity contribution >= 4 is 29.3 Å². The maximum atomic E-state index is 13.4. The molecule has 0 aromatic heterocycles. The Morgan fingerprint density at radius 2 is 1.75 bits per heavy atom. The SMILES string of the molecule is NCC1CCc2ccccc2N1Cc1cccc2c1C(=O)N(C1CCC(=O)NC1=O)C2=O. The van der Waals surface area contributed by atoms with E-state index in [4.69, 9.17) is 5.73 Å². The predicted molar refractivity (Wildman–Crippen MR) is 117 cm³/mol. The molecule has 4 amide bonds. The Kier molecular flexibility index (Phi) is 5.01. The zero-order valence-electron chi connectivity index (χ0n) is 17.5. The van der Waals surface area contributed by atoms with Crippen molar-refractivity contribution < 1.29 is 19.2 Å². The molecule has 3 heterocycles. The lowest BCUT2D eigenvalue weighted by Gasteiger charge is -2.38. The van der Waals surface area contributed by atoms with E-state index in [0.717, 1.165) is 29.0 Å². The summed E-state index contributed by atoms with van der Waals surface area (Å²) in [5, 5.41) is 2.23. The second-order valence-corrected chi connectivity index (χ2v) is 8.47. The fourth-order valence-electron chi connectivity index (χ4n) is 5.04. The smallest absolute Gasteiger partial charge is 0.262 e. The van der Waals surface area contributed by atoms with Crippen LogP contribution in [0, 0.1) is 0 Å². The van der Waals surface area contributed by atoms with Crippen molar-refractivity contribution in [1.82, 2.24) is 10.2 Å². The number of rotatable bonds is 4. The van der Waals surface area contributed by atoms with Crippen LogP contribution in [0.3, 0.4) is 0 Å². The van der Waals surface area contributed by atoms with Crippen LogP contribution in [0.25, 0.3) is 0 Å². The molecule has 3 aliphatic rings. The molecule has 0 radical (unpaired) electrons. The van der Waals surface area contributed by atoms with Gasteiger partial charge in [-0.15, -0.1) is 0 Å². The average molecular weight is 432 g/mol. The highest BCUT2D eigenvalue weighted by molar-refractivity contribution is 6.24. The second-order valence-electron chi connectivity index (χ2n) is 8.47. The lowest BCUT2D eigenvalue weighted by molar-refractivity contribution is -0.136. The van der Waals surface area contributed by atoms with E-state index in [2.05, 4.69) is 22.3 Å². The van der Waals surface area contributed by atoms with Gasteiger partial charge in [0.05, 0.1) is 11.1 Å². The first-order chi connectivity index (χ1) is 15.5. The maximum absolute atomic E-state index is 13.4. The summed E-state index contributed by atoms with van der Waals surface area (Å²) in [5.74, 6) is -1.97. The summed E-state index contributed by atoms with van der Waals surface area (Å²) >= 11 is 0. The van der Waals surface area contributed by atoms with Crippen molar-refractivity contribution in [1.29, 1.82) is 0 Å². The zero-order valence-corrected chi connectivity index (χ0v) is 17.5. The lowest BCUT2D eigenvalue weighted by Crippen LogP contribution is -2.54. The summed E-state index contributed by atoms with van der Waals surface area (Å²) in [7, 11) is 0. The fourth-order valence-corrected chi connectivity index (χ4v) is 5.04. The molecule has 5 rings (SSSR count). The van der Waals surface area contributed by atoms with Gasteiger partial charge in [0, 0.05) is 31.2 Å². The van der Waals surface area contributed by atoms with Gasteiger partial charge in [-0.2, -0.15) is 0 Å². The Hall–Kier alpha value is -3.52. The number of anilines is 1. The maximum Gasteiger partial charge on any atom is 0.262 e. The summed E-state index contributed by atoms with van der Waals surface area (Å²) in [5.41, 5.74) is 9.75. The highest BCUT2D eigenvalue weighted by atomic mass is 16.2. The van der Waals surface area contributed by atoms with E-state index in [9.17, 15) is 19.2 Å². The normalized spacial score (nSPS) is 22.7. The number of amides is 4. The van der Waals surface area contributed by atoms with Gasteiger partial charge in [-0.3, -0.25) is 29.4 Å². The molecule has 164 valence electrons.